The van der Waals surface area contributed by atoms with E-state index in [1.165, 1.54) is 23.8 Å². The Kier molecular flexibility index (Phi) is 3.76. The molecule has 20 heavy (non-hydrogen) atoms. The first-order chi connectivity index (χ1) is 9.65. The van der Waals surface area contributed by atoms with Gasteiger partial charge in [0, 0.05) is 24.9 Å². The second kappa shape index (κ2) is 5.54. The zero-order valence-electron chi connectivity index (χ0n) is 11.1. The molecule has 0 radical (unpaired) electrons. The quantitative estimate of drug-likeness (QED) is 0.672. The summed E-state index contributed by atoms with van der Waals surface area (Å²) in [6.07, 6.45) is 3.41. The zero-order valence-corrected chi connectivity index (χ0v) is 12.7. The number of hydrogen-bond donors (Lipinski definition) is 2. The number of aryl methyl sites for hydroxylation is 2. The van der Waals surface area contributed by atoms with Crippen LogP contribution in [0.1, 0.15) is 23.8 Å². The van der Waals surface area contributed by atoms with Gasteiger partial charge in [0.15, 0.2) is 0 Å². The Bertz CT molecular complexity index is 670. The van der Waals surface area contributed by atoms with Crippen LogP contribution in [0.3, 0.4) is 0 Å². The van der Waals surface area contributed by atoms with Crippen molar-refractivity contribution in [2.45, 2.75) is 26.2 Å². The summed E-state index contributed by atoms with van der Waals surface area (Å²) in [6, 6.07) is 0. The lowest BCUT2D eigenvalue weighted by molar-refractivity contribution is -0.118. The molecule has 0 unspecified atom stereocenters. The first-order valence-electron chi connectivity index (χ1n) is 6.61. The van der Waals surface area contributed by atoms with E-state index in [0.29, 0.717) is 13.1 Å². The summed E-state index contributed by atoms with van der Waals surface area (Å²) in [6.45, 7) is 2.68. The lowest BCUT2D eigenvalue weighted by atomic mass is 10.2. The van der Waals surface area contributed by atoms with Gasteiger partial charge in [-0.2, -0.15) is 0 Å². The second-order valence-corrected chi connectivity index (χ2v) is 6.21. The van der Waals surface area contributed by atoms with Crippen molar-refractivity contribution in [1.29, 1.82) is 0 Å². The van der Waals surface area contributed by atoms with Crippen LogP contribution >= 0.6 is 22.9 Å². The summed E-state index contributed by atoms with van der Waals surface area (Å²) in [5.74, 6) is 0.749. The van der Waals surface area contributed by atoms with E-state index in [0.717, 1.165) is 28.9 Å². The Balaban J connectivity index is 1.87. The minimum absolute atomic E-state index is 0.0332. The summed E-state index contributed by atoms with van der Waals surface area (Å²) >= 11 is 7.70. The molecule has 2 aromatic heterocycles. The van der Waals surface area contributed by atoms with Crippen molar-refractivity contribution in [1.82, 2.24) is 15.3 Å². The Morgan fingerprint density at radius 2 is 2.20 bits per heavy atom. The molecule has 0 fully saturated rings. The number of carbonyl (C=O) groups is 1. The minimum atomic E-state index is -0.0332. The fourth-order valence-corrected chi connectivity index (χ4v) is 4.00. The third kappa shape index (κ3) is 2.58. The molecule has 106 valence electrons. The summed E-state index contributed by atoms with van der Waals surface area (Å²) in [5.41, 5.74) is 1.36. The van der Waals surface area contributed by atoms with E-state index in [2.05, 4.69) is 20.6 Å². The average Bonchev–Trinajstić information content (AvgIpc) is 2.93. The van der Waals surface area contributed by atoms with Crippen LogP contribution in [0.2, 0.25) is 5.28 Å². The van der Waals surface area contributed by atoms with Crippen LogP contribution in [-0.2, 0) is 17.6 Å². The number of anilines is 1. The molecule has 0 spiro atoms. The monoisotopic (exact) mass is 310 g/mol. The van der Waals surface area contributed by atoms with Crippen molar-refractivity contribution in [3.05, 3.63) is 15.7 Å². The molecule has 0 atom stereocenters. The number of carbonyl (C=O) groups excluding carboxylic acids is 1. The molecule has 0 aromatic carbocycles. The number of nitrogens with one attached hydrogen (secondary N) is 2. The maximum atomic E-state index is 10.8. The zero-order chi connectivity index (χ0) is 14.1. The molecule has 1 aliphatic carbocycles. The number of nitrogens with zero attached hydrogens (tertiary/aromatic N) is 2. The van der Waals surface area contributed by atoms with E-state index in [1.807, 2.05) is 0 Å². The number of rotatable bonds is 4. The van der Waals surface area contributed by atoms with Crippen LogP contribution in [-0.4, -0.2) is 29.0 Å². The molecule has 5 nitrogen and oxygen atoms in total. The van der Waals surface area contributed by atoms with E-state index >= 15 is 0 Å². The number of halogens is 1. The van der Waals surface area contributed by atoms with E-state index in [4.69, 9.17) is 11.6 Å². The Labute approximate surface area is 125 Å². The highest BCUT2D eigenvalue weighted by Gasteiger charge is 2.21. The average molecular weight is 311 g/mol. The van der Waals surface area contributed by atoms with Gasteiger partial charge in [0.1, 0.15) is 10.6 Å². The van der Waals surface area contributed by atoms with Crippen LogP contribution in [0, 0.1) is 0 Å². The topological polar surface area (TPSA) is 66.9 Å². The standard InChI is InChI=1S/C13H15ClN4OS/c1-7(19)15-5-6-16-11-10-8-3-2-4-9(8)20-12(10)18-13(14)17-11/h2-6H2,1H3,(H,15,19)(H,16,17,18). The SMILES string of the molecule is CC(=O)NCCNc1nc(Cl)nc2sc3c(c12)CCC3. The molecule has 1 amide bonds. The first kappa shape index (κ1) is 13.6. The molecular formula is C13H15ClN4OS. The lowest BCUT2D eigenvalue weighted by Gasteiger charge is -2.08. The predicted octanol–water partition coefficient (Wildman–Crippen LogP) is 2.38. The molecular weight excluding hydrogens is 296 g/mol. The highest BCUT2D eigenvalue weighted by molar-refractivity contribution is 7.19. The molecule has 0 saturated carbocycles. The van der Waals surface area contributed by atoms with Crippen molar-refractivity contribution in [2.75, 3.05) is 18.4 Å². The van der Waals surface area contributed by atoms with Crippen LogP contribution in [0.4, 0.5) is 5.82 Å². The van der Waals surface area contributed by atoms with Crippen molar-refractivity contribution < 1.29 is 4.79 Å². The van der Waals surface area contributed by atoms with Gasteiger partial charge in [-0.15, -0.1) is 11.3 Å². The number of hydrogen-bond acceptors (Lipinski definition) is 5. The molecule has 2 heterocycles. The molecule has 2 N–H and O–H groups in total. The van der Waals surface area contributed by atoms with Crippen molar-refractivity contribution in [2.24, 2.45) is 0 Å². The van der Waals surface area contributed by atoms with E-state index in [1.54, 1.807) is 11.3 Å². The van der Waals surface area contributed by atoms with Crippen LogP contribution in [0.5, 0.6) is 0 Å². The Morgan fingerprint density at radius 1 is 1.35 bits per heavy atom. The molecule has 1 aliphatic rings. The summed E-state index contributed by atoms with van der Waals surface area (Å²) in [5, 5.41) is 7.38. The number of amides is 1. The first-order valence-corrected chi connectivity index (χ1v) is 7.80. The van der Waals surface area contributed by atoms with Gasteiger partial charge < -0.3 is 10.6 Å². The third-order valence-corrected chi connectivity index (χ3v) is 4.68. The highest BCUT2D eigenvalue weighted by atomic mass is 35.5. The van der Waals surface area contributed by atoms with Crippen LogP contribution in [0.15, 0.2) is 0 Å². The number of fused-ring (bicyclic) bond motifs is 3. The predicted molar refractivity (Wildman–Crippen MR) is 81.6 cm³/mol. The van der Waals surface area contributed by atoms with Gasteiger partial charge in [-0.1, -0.05) is 0 Å². The molecule has 2 aromatic rings. The van der Waals surface area contributed by atoms with Crippen molar-refractivity contribution >= 4 is 44.9 Å². The van der Waals surface area contributed by atoms with Gasteiger partial charge in [-0.25, -0.2) is 9.97 Å². The van der Waals surface area contributed by atoms with Crippen LogP contribution in [0.25, 0.3) is 10.2 Å². The summed E-state index contributed by atoms with van der Waals surface area (Å²) in [7, 11) is 0. The maximum Gasteiger partial charge on any atom is 0.225 e. The van der Waals surface area contributed by atoms with Gasteiger partial charge in [-0.05, 0) is 36.4 Å². The van der Waals surface area contributed by atoms with Gasteiger partial charge in [-0.3, -0.25) is 4.79 Å². The van der Waals surface area contributed by atoms with Crippen molar-refractivity contribution in [3.63, 3.8) is 0 Å². The second-order valence-electron chi connectivity index (χ2n) is 4.79. The fraction of sp³-hybridized carbons (Fsp3) is 0.462. The van der Waals surface area contributed by atoms with Crippen molar-refractivity contribution in [3.8, 4) is 0 Å². The Morgan fingerprint density at radius 3 is 3.00 bits per heavy atom. The maximum absolute atomic E-state index is 10.8. The van der Waals surface area contributed by atoms with E-state index < -0.39 is 0 Å². The van der Waals surface area contributed by atoms with Crippen LogP contribution < -0.4 is 10.6 Å². The van der Waals surface area contributed by atoms with E-state index in [-0.39, 0.29) is 11.2 Å². The third-order valence-electron chi connectivity index (χ3n) is 3.33. The Hall–Kier alpha value is -1.40. The smallest absolute Gasteiger partial charge is 0.225 e. The lowest BCUT2D eigenvalue weighted by Crippen LogP contribution is -2.26. The van der Waals surface area contributed by atoms with Gasteiger partial charge >= 0.3 is 0 Å². The summed E-state index contributed by atoms with van der Waals surface area (Å²) in [4.78, 5) is 21.8. The fourth-order valence-electron chi connectivity index (χ4n) is 2.52. The minimum Gasteiger partial charge on any atom is -0.368 e. The van der Waals surface area contributed by atoms with Gasteiger partial charge in [0.2, 0.25) is 11.2 Å². The molecule has 0 saturated heterocycles. The highest BCUT2D eigenvalue weighted by Crippen LogP contribution is 2.39. The summed E-state index contributed by atoms with van der Waals surface area (Å²) < 4.78 is 0. The largest absolute Gasteiger partial charge is 0.368 e. The van der Waals surface area contributed by atoms with E-state index in [9.17, 15) is 4.79 Å². The number of thiophene rings is 1. The normalized spacial score (nSPS) is 13.5. The number of aromatic nitrogens is 2. The molecule has 0 aliphatic heterocycles. The molecule has 0 bridgehead atoms. The van der Waals surface area contributed by atoms with Gasteiger partial charge in [0.05, 0.1) is 5.39 Å². The molecule has 7 heteroatoms. The van der Waals surface area contributed by atoms with Gasteiger partial charge in [0.25, 0.3) is 0 Å². The molecule has 3 rings (SSSR count).